The molecule has 0 aliphatic heterocycles. The quantitative estimate of drug-likeness (QED) is 0.517. The smallest absolute Gasteiger partial charge is 0.253 e. The number of imidazole rings is 1. The van der Waals surface area contributed by atoms with E-state index in [0.717, 1.165) is 37.2 Å². The van der Waals surface area contributed by atoms with Crippen LogP contribution < -0.4 is 10.6 Å². The van der Waals surface area contributed by atoms with Crippen molar-refractivity contribution in [1.82, 2.24) is 25.2 Å². The Morgan fingerprint density at radius 1 is 1.14 bits per heavy atom. The first-order valence-electron chi connectivity index (χ1n) is 10.2. The average Bonchev–Trinajstić information content (AvgIpc) is 3.16. The second-order valence-corrected chi connectivity index (χ2v) is 7.44. The number of amides is 1. The van der Waals surface area contributed by atoms with E-state index in [2.05, 4.69) is 58.4 Å². The van der Waals surface area contributed by atoms with Gasteiger partial charge in [0, 0.05) is 36.6 Å². The van der Waals surface area contributed by atoms with Gasteiger partial charge in [-0.15, -0.1) is 0 Å². The number of nitrogens with one attached hydrogen (secondary N) is 3. The van der Waals surface area contributed by atoms with E-state index >= 15 is 0 Å². The number of hydrogen-bond acceptors (Lipinski definition) is 5. The third-order valence-corrected chi connectivity index (χ3v) is 5.00. The van der Waals surface area contributed by atoms with E-state index in [-0.39, 0.29) is 11.9 Å². The molecular formula is C22H30N6O. The Balaban J connectivity index is 1.80. The summed E-state index contributed by atoms with van der Waals surface area (Å²) in [5, 5.41) is 6.47. The number of nitrogens with zero attached hydrogens (tertiary/aromatic N) is 3. The fourth-order valence-electron chi connectivity index (χ4n) is 3.16. The van der Waals surface area contributed by atoms with Gasteiger partial charge in [-0.05, 0) is 57.3 Å². The molecule has 7 nitrogen and oxygen atoms in total. The lowest BCUT2D eigenvalue weighted by Gasteiger charge is -2.14. The Bertz CT molecular complexity index is 944. The molecule has 29 heavy (non-hydrogen) atoms. The first-order chi connectivity index (χ1) is 14.0. The van der Waals surface area contributed by atoms with Crippen LogP contribution in [0.5, 0.6) is 0 Å². The normalized spacial score (nSPS) is 11.4. The van der Waals surface area contributed by atoms with Crippen molar-refractivity contribution in [2.75, 3.05) is 32.5 Å². The molecule has 0 atom stereocenters. The molecule has 0 saturated carbocycles. The van der Waals surface area contributed by atoms with Gasteiger partial charge in [0.15, 0.2) is 5.65 Å². The van der Waals surface area contributed by atoms with Crippen molar-refractivity contribution in [3.8, 4) is 11.4 Å². The third-order valence-electron chi connectivity index (χ3n) is 5.00. The number of benzene rings is 1. The predicted octanol–water partition coefficient (Wildman–Crippen LogP) is 3.52. The molecular weight excluding hydrogens is 364 g/mol. The molecule has 0 fully saturated rings. The maximum absolute atomic E-state index is 12.7. The van der Waals surface area contributed by atoms with E-state index < -0.39 is 0 Å². The molecule has 3 N–H and O–H groups in total. The minimum Gasteiger partial charge on any atom is -0.384 e. The Morgan fingerprint density at radius 3 is 2.52 bits per heavy atom. The van der Waals surface area contributed by atoms with Crippen LogP contribution in [0.1, 0.15) is 37.0 Å². The standard InChI is InChI=1S/C22H30N6O/c1-5-16(6-2)25-22(29)18-11-12-24-21-19(18)26-20(27-21)15-7-9-17(10-8-15)23-13-14-28(3)4/h7-12,16,23H,5-6,13-14H2,1-4H3,(H,25,29)(H,24,26,27). The Labute approximate surface area is 171 Å². The number of hydrogen-bond donors (Lipinski definition) is 3. The first kappa shape index (κ1) is 20.8. The molecule has 154 valence electrons. The summed E-state index contributed by atoms with van der Waals surface area (Å²) in [5.41, 5.74) is 3.78. The number of aromatic nitrogens is 3. The average molecular weight is 395 g/mol. The molecule has 1 aromatic carbocycles. The number of H-pyrrole nitrogens is 1. The molecule has 0 bridgehead atoms. The molecule has 0 unspecified atom stereocenters. The molecule has 0 spiro atoms. The van der Waals surface area contributed by atoms with E-state index in [4.69, 9.17) is 0 Å². The van der Waals surface area contributed by atoms with Gasteiger partial charge < -0.3 is 20.5 Å². The number of carbonyl (C=O) groups is 1. The summed E-state index contributed by atoms with van der Waals surface area (Å²) in [6.07, 6.45) is 3.44. The van der Waals surface area contributed by atoms with Crippen molar-refractivity contribution in [3.05, 3.63) is 42.1 Å². The molecule has 1 amide bonds. The minimum atomic E-state index is -0.107. The van der Waals surface area contributed by atoms with Crippen LogP contribution >= 0.6 is 0 Å². The summed E-state index contributed by atoms with van der Waals surface area (Å²) < 4.78 is 0. The van der Waals surface area contributed by atoms with Crippen molar-refractivity contribution >= 4 is 22.8 Å². The van der Waals surface area contributed by atoms with Gasteiger partial charge in [0.05, 0.1) is 5.56 Å². The second kappa shape index (κ2) is 9.52. The Hall–Kier alpha value is -2.93. The summed E-state index contributed by atoms with van der Waals surface area (Å²) in [5.74, 6) is 0.597. The highest BCUT2D eigenvalue weighted by molar-refractivity contribution is 6.04. The van der Waals surface area contributed by atoms with Crippen LogP contribution in [0.2, 0.25) is 0 Å². The lowest BCUT2D eigenvalue weighted by Crippen LogP contribution is -2.33. The predicted molar refractivity (Wildman–Crippen MR) is 118 cm³/mol. The molecule has 2 aromatic heterocycles. The van der Waals surface area contributed by atoms with Crippen LogP contribution in [-0.4, -0.2) is 59.0 Å². The van der Waals surface area contributed by atoms with Gasteiger partial charge in [0.1, 0.15) is 11.3 Å². The van der Waals surface area contributed by atoms with E-state index in [0.29, 0.717) is 22.6 Å². The van der Waals surface area contributed by atoms with Crippen LogP contribution in [0.25, 0.3) is 22.6 Å². The number of aromatic amines is 1. The summed E-state index contributed by atoms with van der Waals surface area (Å²) >= 11 is 0. The van der Waals surface area contributed by atoms with E-state index in [1.54, 1.807) is 12.3 Å². The van der Waals surface area contributed by atoms with Gasteiger partial charge in [-0.1, -0.05) is 13.8 Å². The van der Waals surface area contributed by atoms with E-state index in [1.165, 1.54) is 0 Å². The number of likely N-dealkylation sites (N-methyl/N-ethyl adjacent to an activating group) is 1. The van der Waals surface area contributed by atoms with Gasteiger partial charge >= 0.3 is 0 Å². The fraction of sp³-hybridized carbons (Fsp3) is 0.409. The van der Waals surface area contributed by atoms with Gasteiger partial charge in [0.25, 0.3) is 5.91 Å². The number of pyridine rings is 1. The lowest BCUT2D eigenvalue weighted by molar-refractivity contribution is 0.0936. The van der Waals surface area contributed by atoms with Gasteiger partial charge in [-0.2, -0.15) is 0 Å². The lowest BCUT2D eigenvalue weighted by atomic mass is 10.1. The van der Waals surface area contributed by atoms with Gasteiger partial charge in [-0.3, -0.25) is 4.79 Å². The zero-order valence-corrected chi connectivity index (χ0v) is 17.6. The van der Waals surface area contributed by atoms with Crippen LogP contribution in [-0.2, 0) is 0 Å². The molecule has 0 radical (unpaired) electrons. The van der Waals surface area contributed by atoms with Crippen LogP contribution in [0, 0.1) is 0 Å². The first-order valence-corrected chi connectivity index (χ1v) is 10.2. The molecule has 7 heteroatoms. The molecule has 0 aliphatic carbocycles. The molecule has 0 aliphatic rings. The SMILES string of the molecule is CCC(CC)NC(=O)c1ccnc2[nH]c(-c3ccc(NCCN(C)C)cc3)nc12. The number of rotatable bonds is 9. The van der Waals surface area contributed by atoms with Crippen molar-refractivity contribution in [3.63, 3.8) is 0 Å². The third kappa shape index (κ3) is 5.12. The van der Waals surface area contributed by atoms with Gasteiger partial charge in [-0.25, -0.2) is 9.97 Å². The van der Waals surface area contributed by atoms with Crippen molar-refractivity contribution in [2.45, 2.75) is 32.7 Å². The van der Waals surface area contributed by atoms with Crippen LogP contribution in [0.15, 0.2) is 36.5 Å². The molecule has 2 heterocycles. The highest BCUT2D eigenvalue weighted by Crippen LogP contribution is 2.23. The maximum atomic E-state index is 12.7. The summed E-state index contributed by atoms with van der Waals surface area (Å²) in [4.78, 5) is 27.1. The van der Waals surface area contributed by atoms with Crippen molar-refractivity contribution in [2.24, 2.45) is 0 Å². The van der Waals surface area contributed by atoms with Crippen molar-refractivity contribution < 1.29 is 4.79 Å². The summed E-state index contributed by atoms with van der Waals surface area (Å²) in [6.45, 7) is 6.00. The fourth-order valence-corrected chi connectivity index (χ4v) is 3.16. The van der Waals surface area contributed by atoms with Crippen LogP contribution in [0.4, 0.5) is 5.69 Å². The van der Waals surface area contributed by atoms with Crippen molar-refractivity contribution in [1.29, 1.82) is 0 Å². The second-order valence-electron chi connectivity index (χ2n) is 7.44. The largest absolute Gasteiger partial charge is 0.384 e. The highest BCUT2D eigenvalue weighted by Gasteiger charge is 2.17. The summed E-state index contributed by atoms with van der Waals surface area (Å²) in [6, 6.07) is 9.98. The van der Waals surface area contributed by atoms with E-state index in [9.17, 15) is 4.79 Å². The minimum absolute atomic E-state index is 0.107. The monoisotopic (exact) mass is 394 g/mol. The number of fused-ring (bicyclic) bond motifs is 1. The number of carbonyl (C=O) groups excluding carboxylic acids is 1. The summed E-state index contributed by atoms with van der Waals surface area (Å²) in [7, 11) is 4.11. The van der Waals surface area contributed by atoms with Crippen LogP contribution in [0.3, 0.4) is 0 Å². The number of anilines is 1. The highest BCUT2D eigenvalue weighted by atomic mass is 16.1. The zero-order chi connectivity index (χ0) is 20.8. The topological polar surface area (TPSA) is 85.9 Å². The van der Waals surface area contributed by atoms with E-state index in [1.807, 2.05) is 24.3 Å². The molecule has 3 rings (SSSR count). The maximum Gasteiger partial charge on any atom is 0.253 e. The van der Waals surface area contributed by atoms with Gasteiger partial charge in [0.2, 0.25) is 0 Å². The Morgan fingerprint density at radius 2 is 1.86 bits per heavy atom. The molecule has 3 aromatic rings. The zero-order valence-electron chi connectivity index (χ0n) is 17.6. The Kier molecular flexibility index (Phi) is 6.82. The molecule has 0 saturated heterocycles.